The summed E-state index contributed by atoms with van der Waals surface area (Å²) in [6.45, 7) is 4.61. The average Bonchev–Trinajstić information content (AvgIpc) is 2.50. The highest BCUT2D eigenvalue weighted by molar-refractivity contribution is 6.05. The van der Waals surface area contributed by atoms with Crippen LogP contribution in [0.3, 0.4) is 0 Å². The van der Waals surface area contributed by atoms with Crippen molar-refractivity contribution in [2.24, 2.45) is 0 Å². The zero-order valence-corrected chi connectivity index (χ0v) is 12.7. The summed E-state index contributed by atoms with van der Waals surface area (Å²) in [5.41, 5.74) is 0.241. The molecule has 5 nitrogen and oxygen atoms in total. The van der Waals surface area contributed by atoms with Crippen molar-refractivity contribution < 1.29 is 19.7 Å². The van der Waals surface area contributed by atoms with E-state index in [9.17, 15) is 15.0 Å². The number of hydrogen-bond donors (Lipinski definition) is 3. The topological polar surface area (TPSA) is 78.8 Å². The van der Waals surface area contributed by atoms with E-state index in [-0.39, 0.29) is 12.2 Å². The molecule has 0 bridgehead atoms. The van der Waals surface area contributed by atoms with E-state index in [4.69, 9.17) is 4.74 Å². The van der Waals surface area contributed by atoms with E-state index in [1.165, 1.54) is 6.07 Å². The number of aliphatic hydroxyl groups is 1. The summed E-state index contributed by atoms with van der Waals surface area (Å²) in [4.78, 5) is 11.3. The van der Waals surface area contributed by atoms with Gasteiger partial charge in [0.2, 0.25) is 0 Å². The normalized spacial score (nSPS) is 12.5. The molecule has 0 amide bonds. The van der Waals surface area contributed by atoms with Crippen molar-refractivity contribution in [2.75, 3.05) is 13.2 Å². The number of ether oxygens (including phenoxy) is 1. The molecule has 22 heavy (non-hydrogen) atoms. The van der Waals surface area contributed by atoms with Crippen molar-refractivity contribution in [3.63, 3.8) is 0 Å². The van der Waals surface area contributed by atoms with Gasteiger partial charge < -0.3 is 20.3 Å². The van der Waals surface area contributed by atoms with Crippen LogP contribution in [0.2, 0.25) is 0 Å². The number of carboxylic acids is 1. The van der Waals surface area contributed by atoms with Crippen LogP contribution in [-0.2, 0) is 0 Å². The first-order valence-corrected chi connectivity index (χ1v) is 7.28. The van der Waals surface area contributed by atoms with Crippen LogP contribution in [0.15, 0.2) is 36.4 Å². The molecule has 0 aliphatic heterocycles. The Bertz CT molecular complexity index is 654. The second-order valence-electron chi connectivity index (χ2n) is 5.49. The first-order valence-electron chi connectivity index (χ1n) is 7.28. The van der Waals surface area contributed by atoms with Crippen LogP contribution in [0.5, 0.6) is 5.75 Å². The molecule has 2 rings (SSSR count). The number of aliphatic hydroxyl groups excluding tert-OH is 1. The van der Waals surface area contributed by atoms with Crippen molar-refractivity contribution in [1.82, 2.24) is 5.32 Å². The highest BCUT2D eigenvalue weighted by Crippen LogP contribution is 2.28. The number of carboxylic acid groups (broad SMARTS) is 1. The van der Waals surface area contributed by atoms with Crippen LogP contribution in [0.4, 0.5) is 0 Å². The van der Waals surface area contributed by atoms with Gasteiger partial charge >= 0.3 is 5.97 Å². The second kappa shape index (κ2) is 7.24. The Kier molecular flexibility index (Phi) is 5.35. The second-order valence-corrected chi connectivity index (χ2v) is 5.49. The summed E-state index contributed by atoms with van der Waals surface area (Å²) in [7, 11) is 0. The molecule has 1 atom stereocenters. The van der Waals surface area contributed by atoms with Crippen LogP contribution < -0.4 is 10.1 Å². The Morgan fingerprint density at radius 2 is 1.86 bits per heavy atom. The van der Waals surface area contributed by atoms with E-state index in [0.29, 0.717) is 23.7 Å². The van der Waals surface area contributed by atoms with Gasteiger partial charge in [-0.2, -0.15) is 0 Å². The molecule has 0 spiro atoms. The molecule has 0 heterocycles. The molecule has 0 aliphatic rings. The Hall–Kier alpha value is -2.11. The number of rotatable bonds is 7. The minimum Gasteiger partial charge on any atom is -0.490 e. The van der Waals surface area contributed by atoms with Gasteiger partial charge in [-0.25, -0.2) is 4.79 Å². The van der Waals surface area contributed by atoms with Crippen LogP contribution in [0.25, 0.3) is 10.8 Å². The molecule has 5 heteroatoms. The van der Waals surface area contributed by atoms with Gasteiger partial charge in [-0.15, -0.1) is 0 Å². The highest BCUT2D eigenvalue weighted by atomic mass is 16.5. The largest absolute Gasteiger partial charge is 0.490 e. The number of fused-ring (bicyclic) bond motifs is 1. The Morgan fingerprint density at radius 3 is 2.50 bits per heavy atom. The molecule has 1 unspecified atom stereocenters. The van der Waals surface area contributed by atoms with Crippen molar-refractivity contribution in [3.05, 3.63) is 42.0 Å². The molecule has 3 N–H and O–H groups in total. The number of carbonyl (C=O) groups is 1. The van der Waals surface area contributed by atoms with Gasteiger partial charge in [-0.05, 0) is 17.5 Å². The van der Waals surface area contributed by atoms with Crippen molar-refractivity contribution in [3.8, 4) is 5.75 Å². The predicted molar refractivity (Wildman–Crippen MR) is 85.5 cm³/mol. The van der Waals surface area contributed by atoms with Crippen molar-refractivity contribution in [1.29, 1.82) is 0 Å². The molecular weight excluding hydrogens is 282 g/mol. The quantitative estimate of drug-likeness (QED) is 0.731. The number of benzene rings is 2. The Morgan fingerprint density at radius 1 is 1.18 bits per heavy atom. The standard InChI is InChI=1S/C17H21NO4/c1-11(2)18-9-12(19)10-22-16-8-7-15(17(20)21)13-5-3-4-6-14(13)16/h3-8,11-12,18-19H,9-10H2,1-2H3,(H,20,21). The molecule has 0 fully saturated rings. The van der Waals surface area contributed by atoms with E-state index >= 15 is 0 Å². The lowest BCUT2D eigenvalue weighted by atomic mass is 10.0. The van der Waals surface area contributed by atoms with Crippen molar-refractivity contribution >= 4 is 16.7 Å². The maximum Gasteiger partial charge on any atom is 0.336 e. The lowest BCUT2D eigenvalue weighted by molar-refractivity contribution is 0.0699. The molecule has 0 saturated heterocycles. The van der Waals surface area contributed by atoms with Crippen LogP contribution in [0, 0.1) is 0 Å². The maximum absolute atomic E-state index is 11.3. The number of nitrogens with one attached hydrogen (secondary N) is 1. The lowest BCUT2D eigenvalue weighted by Crippen LogP contribution is -2.35. The molecule has 2 aromatic rings. The van der Waals surface area contributed by atoms with Crippen LogP contribution >= 0.6 is 0 Å². The van der Waals surface area contributed by atoms with E-state index < -0.39 is 12.1 Å². The Labute approximate surface area is 129 Å². The molecule has 0 aromatic heterocycles. The van der Waals surface area contributed by atoms with E-state index in [0.717, 1.165) is 5.39 Å². The SMILES string of the molecule is CC(C)NCC(O)COc1ccc(C(=O)O)c2ccccc12. The summed E-state index contributed by atoms with van der Waals surface area (Å²) >= 11 is 0. The maximum atomic E-state index is 11.3. The van der Waals surface area contributed by atoms with E-state index in [1.54, 1.807) is 18.2 Å². The fourth-order valence-corrected chi connectivity index (χ4v) is 2.20. The van der Waals surface area contributed by atoms with Gasteiger partial charge in [0, 0.05) is 18.0 Å². The molecule has 2 aromatic carbocycles. The first-order chi connectivity index (χ1) is 10.5. The Balaban J connectivity index is 2.15. The van der Waals surface area contributed by atoms with Gasteiger partial charge in [0.1, 0.15) is 18.5 Å². The molecule has 118 valence electrons. The fourth-order valence-electron chi connectivity index (χ4n) is 2.20. The highest BCUT2D eigenvalue weighted by Gasteiger charge is 2.13. The summed E-state index contributed by atoms with van der Waals surface area (Å²) in [6.07, 6.45) is -0.625. The van der Waals surface area contributed by atoms with Crippen LogP contribution in [0.1, 0.15) is 24.2 Å². The molecule has 0 aliphatic carbocycles. The fraction of sp³-hybridized carbons (Fsp3) is 0.353. The predicted octanol–water partition coefficient (Wildman–Crippen LogP) is 2.28. The molecule has 0 radical (unpaired) electrons. The lowest BCUT2D eigenvalue weighted by Gasteiger charge is -2.16. The van der Waals surface area contributed by atoms with E-state index in [1.807, 2.05) is 26.0 Å². The van der Waals surface area contributed by atoms with Gasteiger partial charge in [0.05, 0.1) is 5.56 Å². The summed E-state index contributed by atoms with van der Waals surface area (Å²) in [5.74, 6) is -0.395. The van der Waals surface area contributed by atoms with E-state index in [2.05, 4.69) is 5.32 Å². The van der Waals surface area contributed by atoms with Gasteiger partial charge in [-0.3, -0.25) is 0 Å². The zero-order chi connectivity index (χ0) is 16.1. The zero-order valence-electron chi connectivity index (χ0n) is 12.7. The first kappa shape index (κ1) is 16.3. The smallest absolute Gasteiger partial charge is 0.336 e. The molecule has 0 saturated carbocycles. The third-order valence-electron chi connectivity index (χ3n) is 3.31. The van der Waals surface area contributed by atoms with Gasteiger partial charge in [0.25, 0.3) is 0 Å². The summed E-state index contributed by atoms with van der Waals surface area (Å²) in [6, 6.07) is 10.6. The monoisotopic (exact) mass is 303 g/mol. The molecular formula is C17H21NO4. The third kappa shape index (κ3) is 3.96. The number of hydrogen-bond acceptors (Lipinski definition) is 4. The minimum atomic E-state index is -0.969. The van der Waals surface area contributed by atoms with Gasteiger partial charge in [0.15, 0.2) is 0 Å². The average molecular weight is 303 g/mol. The van der Waals surface area contributed by atoms with Crippen LogP contribution in [-0.4, -0.2) is 41.5 Å². The summed E-state index contributed by atoms with van der Waals surface area (Å²) < 4.78 is 5.67. The number of aromatic carboxylic acids is 1. The van der Waals surface area contributed by atoms with Crippen molar-refractivity contribution in [2.45, 2.75) is 26.0 Å². The third-order valence-corrected chi connectivity index (χ3v) is 3.31. The summed E-state index contributed by atoms with van der Waals surface area (Å²) in [5, 5.41) is 23.6. The van der Waals surface area contributed by atoms with Gasteiger partial charge in [-0.1, -0.05) is 38.1 Å². The minimum absolute atomic E-state index is 0.149.